The van der Waals surface area contributed by atoms with E-state index in [1.54, 1.807) is 0 Å². The second-order valence-corrected chi connectivity index (χ2v) is 5.29. The first-order valence-corrected chi connectivity index (χ1v) is 6.98. The average molecular weight is 258 g/mol. The van der Waals surface area contributed by atoms with Crippen molar-refractivity contribution in [1.29, 1.82) is 0 Å². The molecule has 0 saturated heterocycles. The number of hydrogen-bond acceptors (Lipinski definition) is 1. The molecule has 20 heavy (non-hydrogen) atoms. The van der Waals surface area contributed by atoms with Gasteiger partial charge in [-0.3, -0.25) is 4.79 Å². The van der Waals surface area contributed by atoms with Crippen molar-refractivity contribution in [2.45, 2.75) is 12.8 Å². The molecule has 96 valence electrons. The van der Waals surface area contributed by atoms with Gasteiger partial charge in [0.15, 0.2) is 5.78 Å². The fourth-order valence-electron chi connectivity index (χ4n) is 3.21. The van der Waals surface area contributed by atoms with Crippen LogP contribution in [0.1, 0.15) is 22.3 Å². The maximum absolute atomic E-state index is 12.1. The van der Waals surface area contributed by atoms with Crippen LogP contribution < -0.4 is 0 Å². The Kier molecular flexibility index (Phi) is 2.46. The number of hydrogen-bond donors (Lipinski definition) is 0. The van der Waals surface area contributed by atoms with Crippen LogP contribution in [-0.2, 0) is 6.42 Å². The van der Waals surface area contributed by atoms with Crippen LogP contribution in [0.3, 0.4) is 0 Å². The summed E-state index contributed by atoms with van der Waals surface area (Å²) in [6.45, 7) is 0. The molecule has 0 aromatic heterocycles. The smallest absolute Gasteiger partial charge is 0.163 e. The summed E-state index contributed by atoms with van der Waals surface area (Å²) >= 11 is 0. The van der Waals surface area contributed by atoms with Gasteiger partial charge in [0.2, 0.25) is 0 Å². The van der Waals surface area contributed by atoms with E-state index in [0.29, 0.717) is 6.42 Å². The molecule has 1 nitrogen and oxygen atoms in total. The lowest BCUT2D eigenvalue weighted by Crippen LogP contribution is -1.94. The van der Waals surface area contributed by atoms with E-state index >= 15 is 0 Å². The van der Waals surface area contributed by atoms with Gasteiger partial charge in [0.05, 0.1) is 0 Å². The van der Waals surface area contributed by atoms with Crippen molar-refractivity contribution in [3.05, 3.63) is 71.8 Å². The number of carbonyl (C=O) groups is 1. The van der Waals surface area contributed by atoms with E-state index < -0.39 is 0 Å². The maximum atomic E-state index is 12.1. The number of ketones is 1. The second kappa shape index (κ2) is 4.31. The van der Waals surface area contributed by atoms with Gasteiger partial charge < -0.3 is 0 Å². The first-order valence-electron chi connectivity index (χ1n) is 6.98. The highest BCUT2D eigenvalue weighted by Crippen LogP contribution is 2.38. The molecule has 0 spiro atoms. The Labute approximate surface area is 117 Å². The molecule has 0 saturated carbocycles. The number of carbonyl (C=O) groups excluding carboxylic acids is 1. The minimum Gasteiger partial charge on any atom is -0.294 e. The molecule has 0 aliphatic heterocycles. The second-order valence-electron chi connectivity index (χ2n) is 5.29. The molecule has 0 radical (unpaired) electrons. The van der Waals surface area contributed by atoms with Gasteiger partial charge in [-0.1, -0.05) is 54.6 Å². The standard InChI is InChI=1S/C19H14O/c20-18-11-10-16-17(18)12-14-8-4-5-9-15(14)19(16)13-6-2-1-3-7-13/h1-9,12H,10-11H2. The van der Waals surface area contributed by atoms with Crippen molar-refractivity contribution >= 4 is 16.6 Å². The molecule has 0 bridgehead atoms. The highest BCUT2D eigenvalue weighted by Gasteiger charge is 2.24. The monoisotopic (exact) mass is 258 g/mol. The third-order valence-corrected chi connectivity index (χ3v) is 4.12. The van der Waals surface area contributed by atoms with Gasteiger partial charge in [-0.25, -0.2) is 0 Å². The molecule has 1 aliphatic carbocycles. The minimum absolute atomic E-state index is 0.280. The van der Waals surface area contributed by atoms with Crippen LogP contribution in [0.25, 0.3) is 21.9 Å². The van der Waals surface area contributed by atoms with Crippen molar-refractivity contribution in [3.63, 3.8) is 0 Å². The lowest BCUT2D eigenvalue weighted by atomic mass is 9.91. The Morgan fingerprint density at radius 2 is 1.55 bits per heavy atom. The summed E-state index contributed by atoms with van der Waals surface area (Å²) < 4.78 is 0. The molecule has 0 unspecified atom stereocenters. The zero-order chi connectivity index (χ0) is 13.5. The predicted octanol–water partition coefficient (Wildman–Crippen LogP) is 4.64. The zero-order valence-electron chi connectivity index (χ0n) is 11.1. The Morgan fingerprint density at radius 1 is 0.800 bits per heavy atom. The molecule has 3 aromatic carbocycles. The van der Waals surface area contributed by atoms with E-state index in [1.807, 2.05) is 12.1 Å². The summed E-state index contributed by atoms with van der Waals surface area (Å²) in [5.74, 6) is 0.280. The van der Waals surface area contributed by atoms with Crippen LogP contribution in [0, 0.1) is 0 Å². The number of Topliss-reactive ketones (excluding diaryl/α,β-unsaturated/α-hetero) is 1. The first kappa shape index (κ1) is 11.4. The third kappa shape index (κ3) is 1.60. The van der Waals surface area contributed by atoms with Gasteiger partial charge in [-0.15, -0.1) is 0 Å². The molecule has 0 atom stereocenters. The normalized spacial score (nSPS) is 13.7. The third-order valence-electron chi connectivity index (χ3n) is 4.12. The molecule has 0 N–H and O–H groups in total. The molecular weight excluding hydrogens is 244 g/mol. The summed E-state index contributed by atoms with van der Waals surface area (Å²) in [5, 5.41) is 2.40. The van der Waals surface area contributed by atoms with E-state index in [1.165, 1.54) is 22.1 Å². The Balaban J connectivity index is 2.15. The van der Waals surface area contributed by atoms with Crippen molar-refractivity contribution in [1.82, 2.24) is 0 Å². The van der Waals surface area contributed by atoms with E-state index in [2.05, 4.69) is 48.5 Å². The van der Waals surface area contributed by atoms with E-state index in [0.717, 1.165) is 17.4 Å². The Morgan fingerprint density at radius 3 is 2.40 bits per heavy atom. The van der Waals surface area contributed by atoms with Gasteiger partial charge >= 0.3 is 0 Å². The SMILES string of the molecule is O=C1CCc2c1cc1ccccc1c2-c1ccccc1. The summed E-state index contributed by atoms with van der Waals surface area (Å²) in [6, 6.07) is 20.8. The zero-order valence-corrected chi connectivity index (χ0v) is 11.1. The van der Waals surface area contributed by atoms with E-state index in [4.69, 9.17) is 0 Å². The van der Waals surface area contributed by atoms with Crippen molar-refractivity contribution < 1.29 is 4.79 Å². The van der Waals surface area contributed by atoms with Crippen LogP contribution in [0.2, 0.25) is 0 Å². The van der Waals surface area contributed by atoms with Gasteiger partial charge in [-0.05, 0) is 39.9 Å². The summed E-state index contributed by atoms with van der Waals surface area (Å²) in [4.78, 5) is 12.1. The highest BCUT2D eigenvalue weighted by atomic mass is 16.1. The van der Waals surface area contributed by atoms with Gasteiger partial charge in [0, 0.05) is 12.0 Å². The topological polar surface area (TPSA) is 17.1 Å². The van der Waals surface area contributed by atoms with Crippen LogP contribution in [0.5, 0.6) is 0 Å². The highest BCUT2D eigenvalue weighted by molar-refractivity contribution is 6.10. The molecular formula is C19H14O. The van der Waals surface area contributed by atoms with Crippen molar-refractivity contribution in [3.8, 4) is 11.1 Å². The molecule has 0 fully saturated rings. The Hall–Kier alpha value is -2.41. The summed E-state index contributed by atoms with van der Waals surface area (Å²) in [5.41, 5.74) is 4.59. The largest absolute Gasteiger partial charge is 0.294 e. The lowest BCUT2D eigenvalue weighted by Gasteiger charge is -2.12. The minimum atomic E-state index is 0.280. The molecule has 1 aliphatic rings. The first-order chi connectivity index (χ1) is 9.84. The van der Waals surface area contributed by atoms with Crippen molar-refractivity contribution in [2.75, 3.05) is 0 Å². The fraction of sp³-hybridized carbons (Fsp3) is 0.105. The van der Waals surface area contributed by atoms with Crippen molar-refractivity contribution in [2.24, 2.45) is 0 Å². The number of benzene rings is 3. The molecule has 0 amide bonds. The quantitative estimate of drug-likeness (QED) is 0.621. The van der Waals surface area contributed by atoms with Gasteiger partial charge in [0.25, 0.3) is 0 Å². The summed E-state index contributed by atoms with van der Waals surface area (Å²) in [6.07, 6.45) is 1.51. The van der Waals surface area contributed by atoms with E-state index in [-0.39, 0.29) is 5.78 Å². The molecule has 1 heteroatoms. The molecule has 3 aromatic rings. The molecule has 0 heterocycles. The van der Waals surface area contributed by atoms with Crippen LogP contribution in [0.4, 0.5) is 0 Å². The van der Waals surface area contributed by atoms with Crippen LogP contribution in [-0.4, -0.2) is 5.78 Å². The van der Waals surface area contributed by atoms with Crippen LogP contribution >= 0.6 is 0 Å². The number of rotatable bonds is 1. The fourth-order valence-corrected chi connectivity index (χ4v) is 3.21. The maximum Gasteiger partial charge on any atom is 0.163 e. The Bertz CT molecular complexity index is 816. The van der Waals surface area contributed by atoms with Gasteiger partial charge in [0.1, 0.15) is 0 Å². The van der Waals surface area contributed by atoms with Crippen LogP contribution in [0.15, 0.2) is 60.7 Å². The average Bonchev–Trinajstić information content (AvgIpc) is 2.87. The van der Waals surface area contributed by atoms with Gasteiger partial charge in [-0.2, -0.15) is 0 Å². The summed E-state index contributed by atoms with van der Waals surface area (Å²) in [7, 11) is 0. The predicted molar refractivity (Wildman–Crippen MR) is 82.0 cm³/mol. The molecule has 4 rings (SSSR count). The lowest BCUT2D eigenvalue weighted by molar-refractivity contribution is 0.0994. The number of fused-ring (bicyclic) bond motifs is 2. The van der Waals surface area contributed by atoms with E-state index in [9.17, 15) is 4.79 Å².